The number of ether oxygens (including phenoxy) is 3. The molecule has 0 bridgehead atoms. The van der Waals surface area contributed by atoms with Crippen molar-refractivity contribution in [1.82, 2.24) is 0 Å². The summed E-state index contributed by atoms with van der Waals surface area (Å²) in [6, 6.07) is 11.9. The van der Waals surface area contributed by atoms with Gasteiger partial charge in [-0.1, -0.05) is 17.7 Å². The molecule has 0 radical (unpaired) electrons. The summed E-state index contributed by atoms with van der Waals surface area (Å²) in [4.78, 5) is 24.0. The number of rotatable bonds is 7. The summed E-state index contributed by atoms with van der Waals surface area (Å²) in [5.41, 5.74) is 1.38. The number of carbonyl (C=O) groups is 2. The molecule has 0 aliphatic carbocycles. The van der Waals surface area contributed by atoms with Crippen LogP contribution in [0.25, 0.3) is 0 Å². The summed E-state index contributed by atoms with van der Waals surface area (Å²) >= 11 is 5.93. The molecule has 0 unspecified atom stereocenters. The zero-order valence-corrected chi connectivity index (χ0v) is 15.5. The fourth-order valence-electron chi connectivity index (χ4n) is 2.08. The lowest BCUT2D eigenvalue weighted by Gasteiger charge is -2.14. The van der Waals surface area contributed by atoms with E-state index in [2.05, 4.69) is 5.32 Å². The van der Waals surface area contributed by atoms with E-state index in [1.165, 1.54) is 14.0 Å². The predicted molar refractivity (Wildman–Crippen MR) is 98.9 cm³/mol. The normalized spacial score (nSPS) is 11.4. The number of aryl methyl sites for hydroxylation is 1. The summed E-state index contributed by atoms with van der Waals surface area (Å²) in [5.74, 6) is 0.0104. The van der Waals surface area contributed by atoms with E-state index in [0.29, 0.717) is 22.2 Å². The molecule has 2 rings (SSSR count). The molecule has 2 aromatic carbocycles. The quantitative estimate of drug-likeness (QED) is 0.746. The van der Waals surface area contributed by atoms with Crippen LogP contribution in [-0.2, 0) is 14.3 Å². The van der Waals surface area contributed by atoms with Crippen molar-refractivity contribution >= 4 is 29.2 Å². The maximum absolute atomic E-state index is 12.1. The van der Waals surface area contributed by atoms with Crippen molar-refractivity contribution in [1.29, 1.82) is 0 Å². The summed E-state index contributed by atoms with van der Waals surface area (Å²) < 4.78 is 15.5. The van der Waals surface area contributed by atoms with E-state index in [0.717, 1.165) is 5.56 Å². The number of anilines is 1. The maximum atomic E-state index is 12.1. The molecular formula is C19H20ClNO5. The van der Waals surface area contributed by atoms with Gasteiger partial charge in [0, 0.05) is 16.8 Å². The molecule has 1 amide bonds. The van der Waals surface area contributed by atoms with Crippen molar-refractivity contribution in [3.8, 4) is 11.5 Å². The van der Waals surface area contributed by atoms with Gasteiger partial charge in [0.25, 0.3) is 5.91 Å². The first-order chi connectivity index (χ1) is 12.4. The van der Waals surface area contributed by atoms with Gasteiger partial charge in [0.1, 0.15) is 11.5 Å². The summed E-state index contributed by atoms with van der Waals surface area (Å²) in [6.45, 7) is 3.01. The third kappa shape index (κ3) is 5.67. The lowest BCUT2D eigenvalue weighted by molar-refractivity contribution is -0.155. The number of hydrogen-bond acceptors (Lipinski definition) is 5. The zero-order chi connectivity index (χ0) is 19.1. The Bertz CT molecular complexity index is 793. The number of carbonyl (C=O) groups excluding carboxylic acids is 2. The van der Waals surface area contributed by atoms with Crippen molar-refractivity contribution in [3.63, 3.8) is 0 Å². The Labute approximate surface area is 157 Å². The molecule has 26 heavy (non-hydrogen) atoms. The van der Waals surface area contributed by atoms with Crippen LogP contribution in [0.2, 0.25) is 5.02 Å². The van der Waals surface area contributed by atoms with Crippen molar-refractivity contribution in [2.45, 2.75) is 20.0 Å². The van der Waals surface area contributed by atoms with Crippen LogP contribution in [0.4, 0.5) is 5.69 Å². The molecule has 1 atom stereocenters. The molecule has 0 saturated heterocycles. The molecule has 0 aliphatic rings. The van der Waals surface area contributed by atoms with Crippen molar-refractivity contribution in [3.05, 3.63) is 53.1 Å². The fraction of sp³-hybridized carbons (Fsp3) is 0.263. The number of halogens is 1. The molecule has 0 spiro atoms. The SMILES string of the molecule is COc1cccc(NC(=O)[C@H](C)OC(=O)COc2ccc(Cl)c(C)c2)c1. The first kappa shape index (κ1) is 19.6. The second-order valence-electron chi connectivity index (χ2n) is 5.55. The van der Waals surface area contributed by atoms with E-state index < -0.39 is 18.0 Å². The van der Waals surface area contributed by atoms with Gasteiger partial charge in [0.15, 0.2) is 12.7 Å². The maximum Gasteiger partial charge on any atom is 0.344 e. The molecule has 6 nitrogen and oxygen atoms in total. The minimum absolute atomic E-state index is 0.308. The van der Waals surface area contributed by atoms with Crippen LogP contribution in [0.15, 0.2) is 42.5 Å². The average molecular weight is 378 g/mol. The van der Waals surface area contributed by atoms with Gasteiger partial charge < -0.3 is 19.5 Å². The van der Waals surface area contributed by atoms with Crippen LogP contribution >= 0.6 is 11.6 Å². The van der Waals surface area contributed by atoms with Gasteiger partial charge in [-0.3, -0.25) is 4.79 Å². The summed E-state index contributed by atoms with van der Waals surface area (Å²) in [7, 11) is 1.54. The van der Waals surface area contributed by atoms with Crippen LogP contribution in [-0.4, -0.2) is 31.7 Å². The van der Waals surface area contributed by atoms with E-state index in [4.69, 9.17) is 25.8 Å². The van der Waals surface area contributed by atoms with Crippen LogP contribution in [0.1, 0.15) is 12.5 Å². The molecule has 0 aliphatic heterocycles. The van der Waals surface area contributed by atoms with E-state index in [1.807, 2.05) is 6.92 Å². The van der Waals surface area contributed by atoms with Crippen molar-refractivity contribution in [2.24, 2.45) is 0 Å². The number of amides is 1. The van der Waals surface area contributed by atoms with Crippen LogP contribution in [0.3, 0.4) is 0 Å². The summed E-state index contributed by atoms with van der Waals surface area (Å²) in [6.07, 6.45) is -0.968. The van der Waals surface area contributed by atoms with E-state index in [-0.39, 0.29) is 6.61 Å². The number of benzene rings is 2. The number of esters is 1. The second kappa shape index (κ2) is 9.10. The molecular weight excluding hydrogens is 358 g/mol. The first-order valence-electron chi connectivity index (χ1n) is 7.92. The van der Waals surface area contributed by atoms with Crippen molar-refractivity contribution < 1.29 is 23.8 Å². The molecule has 0 aromatic heterocycles. The molecule has 1 N–H and O–H groups in total. The number of nitrogens with one attached hydrogen (secondary N) is 1. The Morgan fingerprint density at radius 1 is 1.15 bits per heavy atom. The fourth-order valence-corrected chi connectivity index (χ4v) is 2.20. The Balaban J connectivity index is 1.83. The molecule has 138 valence electrons. The molecule has 2 aromatic rings. The van der Waals surface area contributed by atoms with E-state index in [1.54, 1.807) is 42.5 Å². The standard InChI is InChI=1S/C19H20ClNO5/c1-12-9-16(7-8-17(12)20)25-11-18(22)26-13(2)19(23)21-14-5-4-6-15(10-14)24-3/h4-10,13H,11H2,1-3H3,(H,21,23)/t13-/m0/s1. The van der Waals surface area contributed by atoms with E-state index in [9.17, 15) is 9.59 Å². The third-order valence-corrected chi connectivity index (χ3v) is 3.92. The zero-order valence-electron chi connectivity index (χ0n) is 14.7. The van der Waals surface area contributed by atoms with E-state index >= 15 is 0 Å². The highest BCUT2D eigenvalue weighted by Gasteiger charge is 2.18. The van der Waals surface area contributed by atoms with Crippen LogP contribution in [0, 0.1) is 6.92 Å². The monoisotopic (exact) mass is 377 g/mol. The van der Waals surface area contributed by atoms with Gasteiger partial charge in [-0.05, 0) is 49.7 Å². The first-order valence-corrected chi connectivity index (χ1v) is 8.30. The minimum Gasteiger partial charge on any atom is -0.497 e. The number of hydrogen-bond donors (Lipinski definition) is 1. The van der Waals surface area contributed by atoms with Gasteiger partial charge in [-0.2, -0.15) is 0 Å². The lowest BCUT2D eigenvalue weighted by atomic mass is 10.2. The number of methoxy groups -OCH3 is 1. The molecule has 0 heterocycles. The average Bonchev–Trinajstić information content (AvgIpc) is 2.62. The molecule has 0 saturated carbocycles. The smallest absolute Gasteiger partial charge is 0.344 e. The third-order valence-electron chi connectivity index (χ3n) is 3.50. The predicted octanol–water partition coefficient (Wildman–Crippen LogP) is 3.61. The highest BCUT2D eigenvalue weighted by Crippen LogP contribution is 2.21. The largest absolute Gasteiger partial charge is 0.497 e. The highest BCUT2D eigenvalue weighted by atomic mass is 35.5. The van der Waals surface area contributed by atoms with Gasteiger partial charge >= 0.3 is 5.97 Å². The minimum atomic E-state index is -0.968. The van der Waals surface area contributed by atoms with Crippen LogP contribution < -0.4 is 14.8 Å². The Morgan fingerprint density at radius 2 is 1.92 bits per heavy atom. The Hall–Kier alpha value is -2.73. The second-order valence-corrected chi connectivity index (χ2v) is 5.96. The van der Waals surface area contributed by atoms with Gasteiger partial charge in [-0.15, -0.1) is 0 Å². The highest BCUT2D eigenvalue weighted by molar-refractivity contribution is 6.31. The topological polar surface area (TPSA) is 73.9 Å². The van der Waals surface area contributed by atoms with Crippen molar-refractivity contribution in [2.75, 3.05) is 19.0 Å². The summed E-state index contributed by atoms with van der Waals surface area (Å²) in [5, 5.41) is 3.27. The van der Waals surface area contributed by atoms with Gasteiger partial charge in [-0.25, -0.2) is 4.79 Å². The van der Waals surface area contributed by atoms with Crippen LogP contribution in [0.5, 0.6) is 11.5 Å². The Kier molecular flexibility index (Phi) is 6.86. The molecule has 0 fully saturated rings. The van der Waals surface area contributed by atoms with Gasteiger partial charge in [0.2, 0.25) is 0 Å². The van der Waals surface area contributed by atoms with Gasteiger partial charge in [0.05, 0.1) is 7.11 Å². The Morgan fingerprint density at radius 3 is 2.62 bits per heavy atom. The lowest BCUT2D eigenvalue weighted by Crippen LogP contribution is -2.31. The molecule has 7 heteroatoms.